The molecule has 1 unspecified atom stereocenters. The van der Waals surface area contributed by atoms with E-state index in [9.17, 15) is 30.1 Å². The molecule has 2 aromatic rings. The smallest absolute Gasteiger partial charge is 0.284 e. The highest BCUT2D eigenvalue weighted by atomic mass is 16.6. The number of benzene rings is 2. The average Bonchev–Trinajstić information content (AvgIpc) is 2.92. The quantitative estimate of drug-likeness (QED) is 0.117. The van der Waals surface area contributed by atoms with Gasteiger partial charge in [0.2, 0.25) is 0 Å². The zero-order valence-electron chi connectivity index (χ0n) is 22.4. The van der Waals surface area contributed by atoms with E-state index in [0.29, 0.717) is 5.75 Å². The number of nitro groups is 2. The lowest BCUT2D eigenvalue weighted by atomic mass is 10.1. The Bertz CT molecular complexity index is 1210. The number of nitrogens with zero attached hydrogens (tertiary/aromatic N) is 2. The van der Waals surface area contributed by atoms with Crippen molar-refractivity contribution >= 4 is 17.2 Å². The molecule has 0 saturated heterocycles. The second-order valence-electron chi connectivity index (χ2n) is 7.82. The summed E-state index contributed by atoms with van der Waals surface area (Å²) < 4.78 is 21.4. The zero-order chi connectivity index (χ0) is 30.2. The van der Waals surface area contributed by atoms with E-state index in [4.69, 9.17) is 18.9 Å². The van der Waals surface area contributed by atoms with Crippen molar-refractivity contribution in [3.63, 3.8) is 0 Å². The fraction of sp³-hybridized carbons (Fsp3) is 0.250. The van der Waals surface area contributed by atoms with Crippen LogP contribution in [0.15, 0.2) is 74.9 Å². The van der Waals surface area contributed by atoms with E-state index in [0.717, 1.165) is 0 Å². The maximum Gasteiger partial charge on any atom is 0.284 e. The molecule has 2 aromatic carbocycles. The number of Topliss-reactive ketones (excluding diaryl/α,β-unsaturated/α-hetero) is 1. The minimum absolute atomic E-state index is 0.0278. The molecule has 12 heteroatoms. The summed E-state index contributed by atoms with van der Waals surface area (Å²) in [5.41, 5.74) is -0.396. The van der Waals surface area contributed by atoms with Crippen LogP contribution in [0.4, 0.5) is 11.4 Å². The molecular formula is C28H32N2O10. The first-order valence-corrected chi connectivity index (χ1v) is 11.8. The van der Waals surface area contributed by atoms with Gasteiger partial charge in [-0.2, -0.15) is 0 Å². The van der Waals surface area contributed by atoms with Gasteiger partial charge in [-0.1, -0.05) is 50.6 Å². The Balaban J connectivity index is 0.000000400. The average molecular weight is 557 g/mol. The van der Waals surface area contributed by atoms with Gasteiger partial charge in [-0.25, -0.2) is 0 Å². The van der Waals surface area contributed by atoms with Gasteiger partial charge in [0, 0.05) is 6.07 Å². The second-order valence-corrected chi connectivity index (χ2v) is 7.82. The van der Waals surface area contributed by atoms with Crippen molar-refractivity contribution in [3.8, 4) is 23.0 Å². The van der Waals surface area contributed by atoms with Gasteiger partial charge < -0.3 is 24.1 Å². The molecule has 0 saturated carbocycles. The molecular weight excluding hydrogens is 524 g/mol. The van der Waals surface area contributed by atoms with E-state index in [2.05, 4.69) is 26.3 Å². The van der Waals surface area contributed by atoms with Crippen LogP contribution in [0.3, 0.4) is 0 Å². The normalized spacial score (nSPS) is 10.6. The number of hydrogen-bond acceptors (Lipinski definition) is 10. The van der Waals surface area contributed by atoms with Crippen LogP contribution in [0, 0.1) is 20.2 Å². The van der Waals surface area contributed by atoms with Crippen molar-refractivity contribution in [1.29, 1.82) is 0 Å². The van der Waals surface area contributed by atoms with Crippen LogP contribution in [0.5, 0.6) is 23.0 Å². The number of ether oxygens (including phenoxy) is 4. The molecule has 0 heterocycles. The first-order valence-electron chi connectivity index (χ1n) is 11.8. The molecule has 0 aliphatic rings. The summed E-state index contributed by atoms with van der Waals surface area (Å²) in [5.74, 6) is 0.553. The lowest BCUT2D eigenvalue weighted by molar-refractivity contribution is -0.386. The summed E-state index contributed by atoms with van der Waals surface area (Å²) in [6.07, 6.45) is 5.09. The van der Waals surface area contributed by atoms with Crippen molar-refractivity contribution in [2.24, 2.45) is 0 Å². The van der Waals surface area contributed by atoms with Crippen LogP contribution >= 0.6 is 0 Å². The topological polar surface area (TPSA) is 160 Å². The largest absolute Gasteiger partial charge is 0.486 e. The summed E-state index contributed by atoms with van der Waals surface area (Å²) >= 11 is 0. The van der Waals surface area contributed by atoms with Gasteiger partial charge in [-0.3, -0.25) is 25.0 Å². The molecule has 2 rings (SSSR count). The van der Waals surface area contributed by atoms with Gasteiger partial charge in [-0.05, 0) is 19.9 Å². The van der Waals surface area contributed by atoms with Crippen LogP contribution < -0.4 is 18.9 Å². The first kappa shape index (κ1) is 33.1. The Morgan fingerprint density at radius 2 is 1.12 bits per heavy atom. The van der Waals surface area contributed by atoms with E-state index >= 15 is 0 Å². The van der Waals surface area contributed by atoms with E-state index in [-0.39, 0.29) is 66.2 Å². The second kappa shape index (κ2) is 16.8. The van der Waals surface area contributed by atoms with Gasteiger partial charge in [0.1, 0.15) is 26.4 Å². The molecule has 0 spiro atoms. The third kappa shape index (κ3) is 9.72. The Hall–Kier alpha value is -4.97. The predicted molar refractivity (Wildman–Crippen MR) is 150 cm³/mol. The molecule has 0 aliphatic carbocycles. The number of hydrogen-bond donors (Lipinski definition) is 1. The predicted octanol–water partition coefficient (Wildman–Crippen LogP) is 5.70. The molecule has 0 amide bonds. The molecule has 1 atom stereocenters. The van der Waals surface area contributed by atoms with Gasteiger partial charge in [-0.15, -0.1) is 0 Å². The van der Waals surface area contributed by atoms with E-state index < -0.39 is 21.7 Å². The summed E-state index contributed by atoms with van der Waals surface area (Å²) in [5, 5.41) is 31.7. The van der Waals surface area contributed by atoms with Crippen molar-refractivity contribution in [2.75, 3.05) is 26.4 Å². The van der Waals surface area contributed by atoms with Gasteiger partial charge in [0.25, 0.3) is 11.4 Å². The number of aliphatic hydroxyl groups is 1. The molecule has 0 bridgehead atoms. The monoisotopic (exact) mass is 556 g/mol. The summed E-state index contributed by atoms with van der Waals surface area (Å²) in [6, 6.07) is 5.13. The fourth-order valence-electron chi connectivity index (χ4n) is 3.09. The van der Waals surface area contributed by atoms with Gasteiger partial charge in [0.15, 0.2) is 28.8 Å². The summed E-state index contributed by atoms with van der Waals surface area (Å²) in [6.45, 7) is 17.5. The molecule has 1 N–H and O–H groups in total. The number of ketones is 1. The Morgan fingerprint density at radius 3 is 1.45 bits per heavy atom. The highest BCUT2D eigenvalue weighted by Gasteiger charge is 2.24. The Morgan fingerprint density at radius 1 is 0.775 bits per heavy atom. The number of aliphatic hydroxyl groups excluding tert-OH is 1. The third-order valence-electron chi connectivity index (χ3n) is 4.80. The molecule has 0 fully saturated rings. The zero-order valence-corrected chi connectivity index (χ0v) is 22.4. The molecule has 12 nitrogen and oxygen atoms in total. The number of rotatable bonds is 16. The summed E-state index contributed by atoms with van der Waals surface area (Å²) in [4.78, 5) is 32.3. The van der Waals surface area contributed by atoms with Crippen LogP contribution in [-0.2, 0) is 0 Å². The van der Waals surface area contributed by atoms with Crippen LogP contribution in [0.25, 0.3) is 0 Å². The van der Waals surface area contributed by atoms with Crippen LogP contribution in [-0.4, -0.2) is 47.2 Å². The lowest BCUT2D eigenvalue weighted by Gasteiger charge is -2.14. The maximum absolute atomic E-state index is 11.5. The molecule has 0 aromatic heterocycles. The van der Waals surface area contributed by atoms with Crippen molar-refractivity contribution in [3.05, 3.63) is 106 Å². The maximum atomic E-state index is 11.5. The highest BCUT2D eigenvalue weighted by molar-refractivity contribution is 5.99. The highest BCUT2D eigenvalue weighted by Crippen LogP contribution is 2.38. The van der Waals surface area contributed by atoms with Crippen molar-refractivity contribution < 1.29 is 38.7 Å². The minimum Gasteiger partial charge on any atom is -0.486 e. The molecule has 40 heavy (non-hydrogen) atoms. The third-order valence-corrected chi connectivity index (χ3v) is 4.80. The minimum atomic E-state index is -0.991. The Kier molecular flexibility index (Phi) is 13.9. The van der Waals surface area contributed by atoms with Crippen LogP contribution in [0.2, 0.25) is 0 Å². The fourth-order valence-corrected chi connectivity index (χ4v) is 3.09. The van der Waals surface area contributed by atoms with E-state index in [1.165, 1.54) is 56.3 Å². The standard InChI is InChI=1S/C14H17NO5.C14H15NO5/c2*1-4-6-19-13-8-11(10(3)16)12(15(17)18)9-14(13)20-7-5-2/h4-5,8-10,16H,1-2,6-7H2,3H3;4-5,8-9H,1-2,6-7H2,3H3. The molecule has 0 aliphatic heterocycles. The number of carbonyl (C=O) groups is 1. The molecule has 0 radical (unpaired) electrons. The first-order chi connectivity index (χ1) is 19.0. The molecule has 214 valence electrons. The number of carbonyl (C=O) groups excluding carboxylic acids is 1. The van der Waals surface area contributed by atoms with Gasteiger partial charge >= 0.3 is 0 Å². The Labute approximate surface area is 231 Å². The summed E-state index contributed by atoms with van der Waals surface area (Å²) in [7, 11) is 0. The lowest BCUT2D eigenvalue weighted by Crippen LogP contribution is -2.05. The van der Waals surface area contributed by atoms with E-state index in [1.807, 2.05) is 0 Å². The SMILES string of the molecule is C=CCOc1cc(C(C)=O)c([N+](=O)[O-])cc1OCC=C.C=CCOc1cc(C(C)O)c([N+](=O)[O-])cc1OCC=C. The van der Waals surface area contributed by atoms with Crippen LogP contribution in [0.1, 0.15) is 35.9 Å². The van der Waals surface area contributed by atoms with Gasteiger partial charge in [0.05, 0.1) is 39.2 Å². The van der Waals surface area contributed by atoms with Crippen molar-refractivity contribution in [2.45, 2.75) is 20.0 Å². The number of nitro benzene ring substituents is 2. The van der Waals surface area contributed by atoms with Crippen molar-refractivity contribution in [1.82, 2.24) is 0 Å². The van der Waals surface area contributed by atoms with E-state index in [1.54, 1.807) is 6.08 Å².